The van der Waals surface area contributed by atoms with Gasteiger partial charge in [-0.15, -0.1) is 10.2 Å². The van der Waals surface area contributed by atoms with Crippen LogP contribution in [0.5, 0.6) is 0 Å². The van der Waals surface area contributed by atoms with Gasteiger partial charge in [-0.3, -0.25) is 4.98 Å². The Kier molecular flexibility index (Phi) is 4.66. The number of hydrogen-bond acceptors (Lipinski definition) is 8. The second-order valence-corrected chi connectivity index (χ2v) is 8.05. The molecule has 0 atom stereocenters. The first-order chi connectivity index (χ1) is 13.0. The highest BCUT2D eigenvalue weighted by Crippen LogP contribution is 2.40. The molecule has 0 aromatic carbocycles. The molecular formula is C17H19N5O4S. The van der Waals surface area contributed by atoms with Gasteiger partial charge in [0.2, 0.25) is 11.0 Å². The van der Waals surface area contributed by atoms with Gasteiger partial charge in [0.05, 0.1) is 0 Å². The second kappa shape index (κ2) is 7.12. The van der Waals surface area contributed by atoms with Gasteiger partial charge in [-0.1, -0.05) is 0 Å². The predicted molar refractivity (Wildman–Crippen MR) is 96.6 cm³/mol. The zero-order valence-electron chi connectivity index (χ0n) is 14.7. The summed E-state index contributed by atoms with van der Waals surface area (Å²) in [6.45, 7) is 2.55. The monoisotopic (exact) mass is 389 g/mol. The molecule has 1 fully saturated rings. The lowest BCUT2D eigenvalue weighted by Crippen LogP contribution is -2.28. The minimum atomic E-state index is -3.77. The fourth-order valence-corrected chi connectivity index (χ4v) is 3.49. The standard InChI is InChI=1S/C17H19N5O4S/c1-11-10-18-7-6-13(11)19-8-9-20-27(23,24)15-5-4-14(25-15)17-22-21-16(26-17)12-2-3-12/h4-7,10,12,20H,2-3,8-9H2,1H3,(H,18,19). The molecule has 10 heteroatoms. The zero-order chi connectivity index (χ0) is 18.9. The van der Waals surface area contributed by atoms with Gasteiger partial charge < -0.3 is 14.2 Å². The topological polar surface area (TPSA) is 123 Å². The average molecular weight is 389 g/mol. The van der Waals surface area contributed by atoms with E-state index in [9.17, 15) is 8.42 Å². The van der Waals surface area contributed by atoms with Crippen LogP contribution in [0.1, 0.15) is 30.2 Å². The molecule has 142 valence electrons. The Labute approximate surface area is 156 Å². The van der Waals surface area contributed by atoms with Gasteiger partial charge in [0.1, 0.15) is 0 Å². The molecule has 1 saturated carbocycles. The number of anilines is 1. The lowest BCUT2D eigenvalue weighted by Gasteiger charge is -2.09. The first-order valence-electron chi connectivity index (χ1n) is 8.61. The predicted octanol–water partition coefficient (Wildman–Crippen LogP) is 2.30. The van der Waals surface area contributed by atoms with Crippen LogP contribution in [0.3, 0.4) is 0 Å². The van der Waals surface area contributed by atoms with Crippen molar-refractivity contribution >= 4 is 15.7 Å². The summed E-state index contributed by atoms with van der Waals surface area (Å²) in [6, 6.07) is 4.72. The number of sulfonamides is 1. The Morgan fingerprint density at radius 3 is 2.78 bits per heavy atom. The van der Waals surface area contributed by atoms with Crippen LogP contribution in [0, 0.1) is 6.92 Å². The van der Waals surface area contributed by atoms with Gasteiger partial charge >= 0.3 is 0 Å². The molecule has 3 aromatic heterocycles. The summed E-state index contributed by atoms with van der Waals surface area (Å²) < 4.78 is 38.2. The van der Waals surface area contributed by atoms with Crippen molar-refractivity contribution in [3.63, 3.8) is 0 Å². The number of pyridine rings is 1. The van der Waals surface area contributed by atoms with E-state index < -0.39 is 10.0 Å². The van der Waals surface area contributed by atoms with Crippen LogP contribution in [0.2, 0.25) is 0 Å². The molecule has 0 spiro atoms. The van der Waals surface area contributed by atoms with E-state index in [1.165, 1.54) is 12.1 Å². The Morgan fingerprint density at radius 2 is 2.00 bits per heavy atom. The van der Waals surface area contributed by atoms with Gasteiger partial charge in [-0.05, 0) is 43.5 Å². The number of rotatable bonds is 8. The van der Waals surface area contributed by atoms with Crippen LogP contribution in [0.4, 0.5) is 5.69 Å². The Morgan fingerprint density at radius 1 is 1.15 bits per heavy atom. The van der Waals surface area contributed by atoms with Gasteiger partial charge in [0, 0.05) is 37.1 Å². The lowest BCUT2D eigenvalue weighted by molar-refractivity contribution is 0.431. The molecule has 9 nitrogen and oxygen atoms in total. The Bertz CT molecular complexity index is 1040. The van der Waals surface area contributed by atoms with Crippen LogP contribution in [0.15, 0.2) is 44.5 Å². The Hall–Kier alpha value is -2.72. The first-order valence-corrected chi connectivity index (χ1v) is 10.1. The van der Waals surface area contributed by atoms with Crippen molar-refractivity contribution in [2.24, 2.45) is 0 Å². The maximum atomic E-state index is 12.4. The highest BCUT2D eigenvalue weighted by Gasteiger charge is 2.30. The molecule has 1 aliphatic rings. The summed E-state index contributed by atoms with van der Waals surface area (Å²) in [7, 11) is -3.77. The zero-order valence-corrected chi connectivity index (χ0v) is 15.5. The molecule has 2 N–H and O–H groups in total. The van der Waals surface area contributed by atoms with Crippen LogP contribution < -0.4 is 10.0 Å². The summed E-state index contributed by atoms with van der Waals surface area (Å²) in [5, 5.41) is 10.9. The normalized spacial score (nSPS) is 14.4. The van der Waals surface area contributed by atoms with Crippen molar-refractivity contribution in [2.45, 2.75) is 30.8 Å². The molecular weight excluding hydrogens is 370 g/mol. The van der Waals surface area contributed by atoms with E-state index in [4.69, 9.17) is 8.83 Å². The third-order valence-electron chi connectivity index (χ3n) is 4.18. The van der Waals surface area contributed by atoms with Crippen molar-refractivity contribution in [3.8, 4) is 11.7 Å². The molecule has 0 unspecified atom stereocenters. The molecule has 0 amide bonds. The van der Waals surface area contributed by atoms with E-state index in [-0.39, 0.29) is 23.3 Å². The van der Waals surface area contributed by atoms with E-state index in [0.717, 1.165) is 24.1 Å². The van der Waals surface area contributed by atoms with E-state index >= 15 is 0 Å². The molecule has 0 saturated heterocycles. The fraction of sp³-hybridized carbons (Fsp3) is 0.353. The third-order valence-corrected chi connectivity index (χ3v) is 5.51. The van der Waals surface area contributed by atoms with E-state index in [2.05, 4.69) is 25.2 Å². The van der Waals surface area contributed by atoms with Crippen molar-refractivity contribution in [2.75, 3.05) is 18.4 Å². The van der Waals surface area contributed by atoms with Crippen LogP contribution in [-0.2, 0) is 10.0 Å². The van der Waals surface area contributed by atoms with Crippen molar-refractivity contribution in [3.05, 3.63) is 42.0 Å². The quantitative estimate of drug-likeness (QED) is 0.563. The number of aryl methyl sites for hydroxylation is 1. The number of aromatic nitrogens is 3. The second-order valence-electron chi connectivity index (χ2n) is 6.35. The molecule has 3 aromatic rings. The van der Waals surface area contributed by atoms with Gasteiger partial charge in [0.15, 0.2) is 5.76 Å². The van der Waals surface area contributed by atoms with Crippen LogP contribution >= 0.6 is 0 Å². The minimum Gasteiger partial charge on any atom is -0.438 e. The minimum absolute atomic E-state index is 0.188. The van der Waals surface area contributed by atoms with Gasteiger partial charge in [-0.25, -0.2) is 13.1 Å². The number of nitrogens with zero attached hydrogens (tertiary/aromatic N) is 3. The smallest absolute Gasteiger partial charge is 0.283 e. The van der Waals surface area contributed by atoms with Crippen LogP contribution in [0.25, 0.3) is 11.7 Å². The van der Waals surface area contributed by atoms with E-state index in [1.807, 2.05) is 13.0 Å². The number of hydrogen-bond donors (Lipinski definition) is 2. The first kappa shape index (κ1) is 17.7. The molecule has 0 radical (unpaired) electrons. The molecule has 1 aliphatic carbocycles. The van der Waals surface area contributed by atoms with Crippen molar-refractivity contribution < 1.29 is 17.3 Å². The highest BCUT2D eigenvalue weighted by atomic mass is 32.2. The summed E-state index contributed by atoms with van der Waals surface area (Å²) in [4.78, 5) is 4.01. The molecule has 4 rings (SSSR count). The maximum absolute atomic E-state index is 12.4. The van der Waals surface area contributed by atoms with Gasteiger partial charge in [0.25, 0.3) is 15.9 Å². The molecule has 0 aliphatic heterocycles. The number of nitrogens with one attached hydrogen (secondary N) is 2. The molecule has 3 heterocycles. The number of furan rings is 1. The lowest BCUT2D eigenvalue weighted by atomic mass is 10.2. The average Bonchev–Trinajstić information content (AvgIpc) is 3.18. The highest BCUT2D eigenvalue weighted by molar-refractivity contribution is 7.89. The summed E-state index contributed by atoms with van der Waals surface area (Å²) in [5.74, 6) is 1.32. The molecule has 0 bridgehead atoms. The van der Waals surface area contributed by atoms with E-state index in [0.29, 0.717) is 18.4 Å². The van der Waals surface area contributed by atoms with Crippen molar-refractivity contribution in [1.29, 1.82) is 0 Å². The Balaban J connectivity index is 1.36. The fourth-order valence-electron chi connectivity index (χ4n) is 2.53. The maximum Gasteiger partial charge on any atom is 0.283 e. The summed E-state index contributed by atoms with van der Waals surface area (Å²) in [6.07, 6.45) is 5.49. The largest absolute Gasteiger partial charge is 0.438 e. The van der Waals surface area contributed by atoms with E-state index in [1.54, 1.807) is 12.4 Å². The van der Waals surface area contributed by atoms with Crippen LogP contribution in [-0.4, -0.2) is 36.7 Å². The molecule has 27 heavy (non-hydrogen) atoms. The summed E-state index contributed by atoms with van der Waals surface area (Å²) in [5.41, 5.74) is 1.90. The van der Waals surface area contributed by atoms with Gasteiger partial charge in [-0.2, -0.15) is 0 Å². The van der Waals surface area contributed by atoms with Crippen molar-refractivity contribution in [1.82, 2.24) is 19.9 Å². The SMILES string of the molecule is Cc1cnccc1NCCNS(=O)(=O)c1ccc(-c2nnc(C3CC3)o2)o1. The summed E-state index contributed by atoms with van der Waals surface area (Å²) >= 11 is 0. The third kappa shape index (κ3) is 4.01.